The fraction of sp³-hybridized carbons (Fsp3) is 0.600. The molecule has 1 atom stereocenters. The molecule has 2 aromatic heterocycles. The van der Waals surface area contributed by atoms with E-state index in [9.17, 15) is 4.79 Å². The number of hydrogen-bond acceptors (Lipinski definition) is 6. The van der Waals surface area contributed by atoms with E-state index in [0.29, 0.717) is 17.8 Å². The smallest absolute Gasteiger partial charge is 0.253 e. The number of tetrazole rings is 1. The van der Waals surface area contributed by atoms with E-state index in [4.69, 9.17) is 9.47 Å². The number of pyridine rings is 1. The van der Waals surface area contributed by atoms with Gasteiger partial charge in [-0.2, -0.15) is 4.52 Å². The van der Waals surface area contributed by atoms with Gasteiger partial charge in [0.05, 0.1) is 11.2 Å². The predicted molar refractivity (Wildman–Crippen MR) is 80.0 cm³/mol. The summed E-state index contributed by atoms with van der Waals surface area (Å²) >= 11 is 0. The molecule has 1 amide bonds. The third-order valence-electron chi connectivity index (χ3n) is 4.69. The topological polar surface area (TPSA) is 90.6 Å². The van der Waals surface area contributed by atoms with Gasteiger partial charge in [-0.25, -0.2) is 0 Å². The maximum absolute atomic E-state index is 12.5. The second-order valence-electron chi connectivity index (χ2n) is 6.21. The van der Waals surface area contributed by atoms with Crippen molar-refractivity contribution in [3.8, 4) is 0 Å². The van der Waals surface area contributed by atoms with Gasteiger partial charge in [0.15, 0.2) is 5.65 Å². The summed E-state index contributed by atoms with van der Waals surface area (Å²) in [6.45, 7) is 2.14. The zero-order valence-electron chi connectivity index (χ0n) is 12.8. The quantitative estimate of drug-likeness (QED) is 0.871. The van der Waals surface area contributed by atoms with Crippen molar-refractivity contribution in [2.45, 2.75) is 37.3 Å². The number of nitrogens with one attached hydrogen (secondary N) is 1. The van der Waals surface area contributed by atoms with Gasteiger partial charge in [-0.05, 0) is 48.2 Å². The van der Waals surface area contributed by atoms with Crippen molar-refractivity contribution in [2.24, 2.45) is 0 Å². The van der Waals surface area contributed by atoms with E-state index in [0.717, 1.165) is 38.9 Å². The number of rotatable bonds is 2. The summed E-state index contributed by atoms with van der Waals surface area (Å²) in [6, 6.07) is 3.60. The maximum atomic E-state index is 12.5. The molecular weight excluding hydrogens is 298 g/mol. The number of carbonyl (C=O) groups excluding carboxylic acids is 1. The van der Waals surface area contributed by atoms with Crippen molar-refractivity contribution in [3.05, 3.63) is 23.9 Å². The lowest BCUT2D eigenvalue weighted by Crippen LogP contribution is -2.51. The van der Waals surface area contributed by atoms with Gasteiger partial charge in [-0.1, -0.05) is 0 Å². The van der Waals surface area contributed by atoms with Gasteiger partial charge >= 0.3 is 0 Å². The Morgan fingerprint density at radius 3 is 3.04 bits per heavy atom. The van der Waals surface area contributed by atoms with E-state index in [1.807, 2.05) is 0 Å². The Balaban J connectivity index is 1.45. The van der Waals surface area contributed by atoms with E-state index >= 15 is 0 Å². The van der Waals surface area contributed by atoms with Crippen LogP contribution in [-0.2, 0) is 9.47 Å². The van der Waals surface area contributed by atoms with E-state index < -0.39 is 0 Å². The summed E-state index contributed by atoms with van der Waals surface area (Å²) in [5.41, 5.74) is 1.04. The van der Waals surface area contributed by atoms with Crippen molar-refractivity contribution in [1.82, 2.24) is 25.4 Å². The highest BCUT2D eigenvalue weighted by Crippen LogP contribution is 2.34. The molecule has 0 unspecified atom stereocenters. The van der Waals surface area contributed by atoms with Gasteiger partial charge in [-0.3, -0.25) is 4.79 Å². The predicted octanol–water partition coefficient (Wildman–Crippen LogP) is 0.582. The first-order valence-electron chi connectivity index (χ1n) is 7.94. The zero-order valence-corrected chi connectivity index (χ0v) is 12.8. The summed E-state index contributed by atoms with van der Waals surface area (Å²) in [5.74, 6) is -0.100. The van der Waals surface area contributed by atoms with Crippen molar-refractivity contribution >= 4 is 11.6 Å². The Hall–Kier alpha value is -2.06. The maximum Gasteiger partial charge on any atom is 0.253 e. The molecule has 1 spiro atoms. The third-order valence-corrected chi connectivity index (χ3v) is 4.69. The molecular formula is C15H19N5O3. The van der Waals surface area contributed by atoms with Crippen LogP contribution in [0, 0.1) is 0 Å². The fourth-order valence-electron chi connectivity index (χ4n) is 3.39. The molecule has 4 rings (SSSR count). The Labute approximate surface area is 133 Å². The molecule has 1 N–H and O–H groups in total. The lowest BCUT2D eigenvalue weighted by atomic mass is 9.84. The highest BCUT2D eigenvalue weighted by Gasteiger charge is 2.39. The first-order chi connectivity index (χ1) is 11.2. The molecule has 0 radical (unpaired) electrons. The third kappa shape index (κ3) is 2.91. The van der Waals surface area contributed by atoms with Gasteiger partial charge in [0, 0.05) is 32.1 Å². The molecule has 0 aliphatic carbocycles. The normalized spacial score (nSPS) is 23.9. The second kappa shape index (κ2) is 5.86. The van der Waals surface area contributed by atoms with E-state index in [1.54, 1.807) is 18.3 Å². The second-order valence-corrected chi connectivity index (χ2v) is 6.21. The van der Waals surface area contributed by atoms with Crippen LogP contribution in [0.15, 0.2) is 18.3 Å². The van der Waals surface area contributed by atoms with Crippen LogP contribution in [0.1, 0.15) is 36.0 Å². The first kappa shape index (κ1) is 14.5. The minimum atomic E-state index is -0.131. The largest absolute Gasteiger partial charge is 0.381 e. The highest BCUT2D eigenvalue weighted by atomic mass is 16.5. The fourth-order valence-corrected chi connectivity index (χ4v) is 3.39. The van der Waals surface area contributed by atoms with Crippen molar-refractivity contribution in [1.29, 1.82) is 0 Å². The first-order valence-corrected chi connectivity index (χ1v) is 7.94. The van der Waals surface area contributed by atoms with Gasteiger partial charge in [0.1, 0.15) is 0 Å². The summed E-state index contributed by atoms with van der Waals surface area (Å²) in [4.78, 5) is 12.5. The standard InChI is InChI=1S/C15H19N5O3/c21-14(11-1-2-13-17-18-19-20(13)10-11)16-12-3-6-23-15(9-12)4-7-22-8-5-15/h1-2,10,12H,3-9H2,(H,16,21)/t12-/m1/s1. The highest BCUT2D eigenvalue weighted by molar-refractivity contribution is 5.94. The SMILES string of the molecule is O=C(N[C@@H]1CCOC2(CCOCC2)C1)c1ccc2nnnn2c1. The number of aromatic nitrogens is 4. The number of fused-ring (bicyclic) bond motifs is 1. The van der Waals surface area contributed by atoms with Crippen molar-refractivity contribution < 1.29 is 14.3 Å². The molecule has 0 bridgehead atoms. The van der Waals surface area contributed by atoms with E-state index in [1.165, 1.54) is 4.52 Å². The average molecular weight is 317 g/mol. The molecule has 0 aromatic carbocycles. The van der Waals surface area contributed by atoms with Crippen LogP contribution in [0.3, 0.4) is 0 Å². The molecule has 8 heteroatoms. The van der Waals surface area contributed by atoms with Gasteiger partial charge in [0.2, 0.25) is 0 Å². The van der Waals surface area contributed by atoms with Crippen LogP contribution in [0.2, 0.25) is 0 Å². The van der Waals surface area contributed by atoms with Crippen LogP contribution >= 0.6 is 0 Å². The van der Waals surface area contributed by atoms with E-state index in [-0.39, 0.29) is 17.6 Å². The Kier molecular flexibility index (Phi) is 3.70. The van der Waals surface area contributed by atoms with Crippen molar-refractivity contribution in [2.75, 3.05) is 19.8 Å². The summed E-state index contributed by atoms with van der Waals surface area (Å²) < 4.78 is 12.9. The molecule has 2 aliphatic heterocycles. The Morgan fingerprint density at radius 2 is 2.17 bits per heavy atom. The number of amides is 1. The molecule has 2 aliphatic rings. The minimum absolute atomic E-state index is 0.100. The Morgan fingerprint density at radius 1 is 1.30 bits per heavy atom. The summed E-state index contributed by atoms with van der Waals surface area (Å²) in [5, 5.41) is 14.4. The van der Waals surface area contributed by atoms with Gasteiger partial charge < -0.3 is 14.8 Å². The molecule has 2 saturated heterocycles. The van der Waals surface area contributed by atoms with Gasteiger partial charge in [0.25, 0.3) is 5.91 Å². The van der Waals surface area contributed by atoms with Crippen LogP contribution in [-0.4, -0.2) is 57.4 Å². The lowest BCUT2D eigenvalue weighted by molar-refractivity contribution is -0.139. The zero-order chi connectivity index (χ0) is 15.7. The molecule has 4 heterocycles. The van der Waals surface area contributed by atoms with E-state index in [2.05, 4.69) is 20.8 Å². The van der Waals surface area contributed by atoms with Gasteiger partial charge in [-0.15, -0.1) is 5.10 Å². The van der Waals surface area contributed by atoms with Crippen LogP contribution < -0.4 is 5.32 Å². The van der Waals surface area contributed by atoms with Crippen LogP contribution in [0.4, 0.5) is 0 Å². The minimum Gasteiger partial charge on any atom is -0.381 e. The molecule has 2 fully saturated rings. The molecule has 23 heavy (non-hydrogen) atoms. The number of nitrogens with zero attached hydrogens (tertiary/aromatic N) is 4. The summed E-state index contributed by atoms with van der Waals surface area (Å²) in [7, 11) is 0. The lowest BCUT2D eigenvalue weighted by Gasteiger charge is -2.43. The van der Waals surface area contributed by atoms with Crippen LogP contribution in [0.25, 0.3) is 5.65 Å². The molecule has 0 saturated carbocycles. The molecule has 122 valence electrons. The van der Waals surface area contributed by atoms with Crippen LogP contribution in [0.5, 0.6) is 0 Å². The number of hydrogen-bond donors (Lipinski definition) is 1. The monoisotopic (exact) mass is 317 g/mol. The molecule has 8 nitrogen and oxygen atoms in total. The summed E-state index contributed by atoms with van der Waals surface area (Å²) in [6.07, 6.45) is 5.12. The molecule has 2 aromatic rings. The average Bonchev–Trinajstić information content (AvgIpc) is 3.03. The number of carbonyl (C=O) groups is 1. The Bertz CT molecular complexity index is 704. The van der Waals surface area contributed by atoms with Crippen molar-refractivity contribution in [3.63, 3.8) is 0 Å². The number of ether oxygens (including phenoxy) is 2.